The molecule has 0 radical (unpaired) electrons. The summed E-state index contributed by atoms with van der Waals surface area (Å²) in [7, 11) is 0. The van der Waals surface area contributed by atoms with Crippen LogP contribution in [-0.4, -0.2) is 55.4 Å². The number of nitrogens with one attached hydrogen (secondary N) is 1. The van der Waals surface area contributed by atoms with Crippen molar-refractivity contribution in [2.24, 2.45) is 0 Å². The number of hydrogen-bond acceptors (Lipinski definition) is 4. The number of thioether (sulfide) groups is 1. The van der Waals surface area contributed by atoms with Gasteiger partial charge in [0.1, 0.15) is 0 Å². The second kappa shape index (κ2) is 5.01. The van der Waals surface area contributed by atoms with E-state index in [-0.39, 0.29) is 23.3 Å². The Morgan fingerprint density at radius 1 is 1.56 bits per heavy atom. The number of nitrogens with zero attached hydrogens (tertiary/aromatic N) is 2. The second-order valence-electron chi connectivity index (χ2n) is 4.25. The zero-order valence-corrected chi connectivity index (χ0v) is 11.0. The Kier molecular flexibility index (Phi) is 3.60. The molecule has 0 aromatic carbocycles. The highest BCUT2D eigenvalue weighted by molar-refractivity contribution is 8.00. The van der Waals surface area contributed by atoms with Crippen LogP contribution in [-0.2, 0) is 0 Å². The number of carboxylic acids is 1. The Morgan fingerprint density at radius 2 is 2.28 bits per heavy atom. The van der Waals surface area contributed by atoms with E-state index in [2.05, 4.69) is 16.9 Å². The van der Waals surface area contributed by atoms with Crippen molar-refractivity contribution in [1.82, 2.24) is 14.9 Å². The van der Waals surface area contributed by atoms with Crippen LogP contribution >= 0.6 is 11.8 Å². The fraction of sp³-hybridized carbons (Fsp3) is 0.545. The molecule has 1 aliphatic rings. The van der Waals surface area contributed by atoms with Gasteiger partial charge in [-0.15, -0.1) is 0 Å². The maximum absolute atomic E-state index is 12.3. The van der Waals surface area contributed by atoms with E-state index in [1.54, 1.807) is 4.90 Å². The first-order valence-electron chi connectivity index (χ1n) is 5.71. The number of aromatic nitrogens is 2. The molecule has 0 saturated carbocycles. The first-order chi connectivity index (χ1) is 8.52. The first-order valence-corrected chi connectivity index (χ1v) is 6.76. The van der Waals surface area contributed by atoms with Crippen LogP contribution in [0.5, 0.6) is 0 Å². The van der Waals surface area contributed by atoms with Crippen molar-refractivity contribution < 1.29 is 14.7 Å². The number of carboxylic acid groups (broad SMARTS) is 1. The fourth-order valence-electron chi connectivity index (χ4n) is 1.98. The Bertz CT molecular complexity index is 474. The van der Waals surface area contributed by atoms with Gasteiger partial charge < -0.3 is 15.0 Å². The Labute approximate surface area is 109 Å². The second-order valence-corrected chi connectivity index (χ2v) is 5.73. The molecule has 2 heterocycles. The molecule has 2 unspecified atom stereocenters. The quantitative estimate of drug-likeness (QED) is 0.838. The van der Waals surface area contributed by atoms with Crippen molar-refractivity contribution >= 4 is 23.6 Å². The summed E-state index contributed by atoms with van der Waals surface area (Å²) < 4.78 is 0. The van der Waals surface area contributed by atoms with Crippen LogP contribution in [0.2, 0.25) is 0 Å². The van der Waals surface area contributed by atoms with E-state index in [0.717, 1.165) is 5.75 Å². The van der Waals surface area contributed by atoms with Gasteiger partial charge in [0, 0.05) is 23.6 Å². The molecule has 1 saturated heterocycles. The molecule has 2 atom stereocenters. The van der Waals surface area contributed by atoms with Crippen molar-refractivity contribution in [2.75, 3.05) is 12.3 Å². The number of carbonyl (C=O) groups is 2. The standard InChI is InChI=1S/C11H15N3O3S/c1-6-7(2)18-4-3-14(6)10(15)8-9(11(16)17)13-5-12-8/h5-7H,3-4H2,1-2H3,(H,12,13)(H,16,17). The lowest BCUT2D eigenvalue weighted by molar-refractivity contribution is 0.0648. The fourth-order valence-corrected chi connectivity index (χ4v) is 3.07. The summed E-state index contributed by atoms with van der Waals surface area (Å²) in [6.45, 7) is 4.67. The predicted molar refractivity (Wildman–Crippen MR) is 68.0 cm³/mol. The maximum atomic E-state index is 12.3. The SMILES string of the molecule is CC1SCCN(C(=O)c2nc[nH]c2C(=O)O)C1C. The number of carbonyl (C=O) groups excluding carboxylic acids is 1. The largest absolute Gasteiger partial charge is 0.477 e. The maximum Gasteiger partial charge on any atom is 0.354 e. The third kappa shape index (κ3) is 2.22. The molecule has 1 aromatic rings. The lowest BCUT2D eigenvalue weighted by Gasteiger charge is -2.37. The van der Waals surface area contributed by atoms with E-state index >= 15 is 0 Å². The molecule has 0 spiro atoms. The van der Waals surface area contributed by atoms with Crippen molar-refractivity contribution in [1.29, 1.82) is 0 Å². The minimum atomic E-state index is -1.16. The number of H-pyrrole nitrogens is 1. The number of hydrogen-bond donors (Lipinski definition) is 2. The molecule has 1 aliphatic heterocycles. The van der Waals surface area contributed by atoms with Crippen LogP contribution in [0.25, 0.3) is 0 Å². The average molecular weight is 269 g/mol. The molecule has 7 heteroatoms. The van der Waals surface area contributed by atoms with E-state index in [1.807, 2.05) is 18.7 Å². The monoisotopic (exact) mass is 269 g/mol. The molecule has 2 N–H and O–H groups in total. The average Bonchev–Trinajstić information content (AvgIpc) is 2.81. The molecular formula is C11H15N3O3S. The van der Waals surface area contributed by atoms with Crippen molar-refractivity contribution in [3.63, 3.8) is 0 Å². The van der Waals surface area contributed by atoms with Crippen LogP contribution in [0.3, 0.4) is 0 Å². The van der Waals surface area contributed by atoms with Gasteiger partial charge in [-0.3, -0.25) is 4.79 Å². The summed E-state index contributed by atoms with van der Waals surface area (Å²) in [5.74, 6) is -0.611. The molecule has 1 aromatic heterocycles. The van der Waals surface area contributed by atoms with Gasteiger partial charge in [-0.2, -0.15) is 11.8 Å². The molecule has 98 valence electrons. The number of amides is 1. The molecule has 6 nitrogen and oxygen atoms in total. The lowest BCUT2D eigenvalue weighted by atomic mass is 10.2. The van der Waals surface area contributed by atoms with Crippen LogP contribution in [0, 0.1) is 0 Å². The topological polar surface area (TPSA) is 86.3 Å². The van der Waals surface area contributed by atoms with E-state index < -0.39 is 5.97 Å². The predicted octanol–water partition coefficient (Wildman–Crippen LogP) is 1.07. The lowest BCUT2D eigenvalue weighted by Crippen LogP contribution is -2.48. The first kappa shape index (κ1) is 12.9. The van der Waals surface area contributed by atoms with Crippen molar-refractivity contribution in [3.05, 3.63) is 17.7 Å². The number of aromatic carboxylic acids is 1. The van der Waals surface area contributed by atoms with Crippen LogP contribution in [0.1, 0.15) is 34.8 Å². The smallest absolute Gasteiger partial charge is 0.354 e. The van der Waals surface area contributed by atoms with Crippen LogP contribution < -0.4 is 0 Å². The summed E-state index contributed by atoms with van der Waals surface area (Å²) in [5, 5.41) is 9.32. The minimum Gasteiger partial charge on any atom is -0.477 e. The van der Waals surface area contributed by atoms with Gasteiger partial charge in [0.15, 0.2) is 11.4 Å². The van der Waals surface area contributed by atoms with Gasteiger partial charge in [-0.25, -0.2) is 9.78 Å². The van der Waals surface area contributed by atoms with E-state index in [0.29, 0.717) is 11.8 Å². The Hall–Kier alpha value is -1.50. The highest BCUT2D eigenvalue weighted by Gasteiger charge is 2.32. The van der Waals surface area contributed by atoms with Gasteiger partial charge in [-0.1, -0.05) is 6.92 Å². The van der Waals surface area contributed by atoms with Gasteiger partial charge in [-0.05, 0) is 6.92 Å². The Morgan fingerprint density at radius 3 is 2.94 bits per heavy atom. The molecule has 2 rings (SSSR count). The summed E-state index contributed by atoms with van der Waals surface area (Å²) in [6, 6.07) is 0.0783. The summed E-state index contributed by atoms with van der Waals surface area (Å²) in [6.07, 6.45) is 1.24. The molecule has 1 fully saturated rings. The molecular weight excluding hydrogens is 254 g/mol. The van der Waals surface area contributed by atoms with Gasteiger partial charge >= 0.3 is 5.97 Å². The van der Waals surface area contributed by atoms with Gasteiger partial charge in [0.25, 0.3) is 5.91 Å². The summed E-state index contributed by atoms with van der Waals surface area (Å²) in [5.41, 5.74) is -0.147. The van der Waals surface area contributed by atoms with Crippen LogP contribution in [0.4, 0.5) is 0 Å². The number of aromatic amines is 1. The van der Waals surface area contributed by atoms with Gasteiger partial charge in [0.05, 0.1) is 6.33 Å². The van der Waals surface area contributed by atoms with Crippen LogP contribution in [0.15, 0.2) is 6.33 Å². The zero-order valence-electron chi connectivity index (χ0n) is 10.2. The summed E-state index contributed by atoms with van der Waals surface area (Å²) >= 11 is 1.82. The Balaban J connectivity index is 2.25. The van der Waals surface area contributed by atoms with E-state index in [9.17, 15) is 9.59 Å². The molecule has 0 aliphatic carbocycles. The highest BCUT2D eigenvalue weighted by Crippen LogP contribution is 2.25. The van der Waals surface area contributed by atoms with E-state index in [1.165, 1.54) is 6.33 Å². The number of rotatable bonds is 2. The van der Waals surface area contributed by atoms with Gasteiger partial charge in [0.2, 0.25) is 0 Å². The minimum absolute atomic E-state index is 0.00606. The number of imidazole rings is 1. The molecule has 1 amide bonds. The molecule has 0 bridgehead atoms. The van der Waals surface area contributed by atoms with E-state index in [4.69, 9.17) is 5.11 Å². The van der Waals surface area contributed by atoms with Crippen molar-refractivity contribution in [3.8, 4) is 0 Å². The summed E-state index contributed by atoms with van der Waals surface area (Å²) in [4.78, 5) is 31.3. The highest BCUT2D eigenvalue weighted by atomic mass is 32.2. The third-order valence-corrected chi connectivity index (χ3v) is 4.54. The zero-order chi connectivity index (χ0) is 13.3. The normalized spacial score (nSPS) is 24.0. The van der Waals surface area contributed by atoms with Crippen molar-refractivity contribution in [2.45, 2.75) is 25.1 Å². The third-order valence-electron chi connectivity index (χ3n) is 3.20. The molecule has 18 heavy (non-hydrogen) atoms.